The predicted molar refractivity (Wildman–Crippen MR) is 40.0 cm³/mol. The molecular formula is C5H12N2O5. The van der Waals surface area contributed by atoms with Gasteiger partial charge >= 0.3 is 0 Å². The van der Waals surface area contributed by atoms with E-state index in [0.717, 1.165) is 6.42 Å². The third kappa shape index (κ3) is 38.3. The van der Waals surface area contributed by atoms with Crippen LogP contribution in [-0.2, 0) is 4.84 Å². The van der Waals surface area contributed by atoms with Crippen LogP contribution in [0.3, 0.4) is 0 Å². The second-order valence-corrected chi connectivity index (χ2v) is 2.33. The molecule has 0 saturated heterocycles. The minimum Gasteiger partial charge on any atom is -0.364 e. The average Bonchev–Trinajstić information content (AvgIpc) is 1.86. The molecule has 0 aliphatic carbocycles. The second kappa shape index (κ2) is 9.60. The van der Waals surface area contributed by atoms with E-state index < -0.39 is 5.09 Å². The molecule has 0 aliphatic rings. The second-order valence-electron chi connectivity index (χ2n) is 2.33. The summed E-state index contributed by atoms with van der Waals surface area (Å²) < 4.78 is 0. The van der Waals surface area contributed by atoms with Gasteiger partial charge in [0.25, 0.3) is 5.09 Å². The maximum absolute atomic E-state index is 9.31. The zero-order valence-corrected chi connectivity index (χ0v) is 6.97. The molecule has 72 valence electrons. The van der Waals surface area contributed by atoms with E-state index in [9.17, 15) is 4.91 Å². The molecule has 0 fully saturated rings. The molecule has 0 amide bonds. The zero-order valence-electron chi connectivity index (χ0n) is 6.97. The molecule has 12 heavy (non-hydrogen) atoms. The van der Waals surface area contributed by atoms with E-state index in [4.69, 9.17) is 15.3 Å². The van der Waals surface area contributed by atoms with Gasteiger partial charge in [-0.25, -0.2) is 0 Å². The fourth-order valence-corrected chi connectivity index (χ4v) is 0.326. The van der Waals surface area contributed by atoms with Crippen molar-refractivity contribution >= 4 is 0 Å². The predicted octanol–water partition coefficient (Wildman–Crippen LogP) is 1.38. The standard InChI is InChI=1S/C5H11NO2.HNO3/c1-5(2)3-4-8-6-7;2-1(3)4/h5H,3-4H2,1-2H3;(H,2,3,4). The monoisotopic (exact) mass is 180 g/mol. The van der Waals surface area contributed by atoms with Crippen molar-refractivity contribution in [3.63, 3.8) is 0 Å². The molecule has 0 aromatic rings. The molecule has 0 rings (SSSR count). The lowest BCUT2D eigenvalue weighted by molar-refractivity contribution is -0.742. The van der Waals surface area contributed by atoms with Crippen LogP contribution in [0.1, 0.15) is 20.3 Å². The van der Waals surface area contributed by atoms with Gasteiger partial charge < -0.3 is 10.0 Å². The van der Waals surface area contributed by atoms with Crippen LogP contribution in [0.25, 0.3) is 0 Å². The Morgan fingerprint density at radius 3 is 2.33 bits per heavy atom. The van der Waals surface area contributed by atoms with Crippen molar-refractivity contribution in [2.45, 2.75) is 20.3 Å². The number of hydrogen-bond donors (Lipinski definition) is 1. The molecule has 0 heterocycles. The van der Waals surface area contributed by atoms with Gasteiger partial charge in [0.05, 0.1) is 0 Å². The fraction of sp³-hybridized carbons (Fsp3) is 1.00. The smallest absolute Gasteiger partial charge is 0.291 e. The van der Waals surface area contributed by atoms with Gasteiger partial charge in [0.1, 0.15) is 6.61 Å². The van der Waals surface area contributed by atoms with Crippen molar-refractivity contribution in [1.82, 2.24) is 0 Å². The first-order valence-corrected chi connectivity index (χ1v) is 3.28. The number of nitrogens with zero attached hydrogens (tertiary/aromatic N) is 2. The van der Waals surface area contributed by atoms with Gasteiger partial charge in [-0.15, -0.1) is 15.0 Å². The molecule has 0 spiro atoms. The first-order valence-electron chi connectivity index (χ1n) is 3.28. The largest absolute Gasteiger partial charge is 0.364 e. The van der Waals surface area contributed by atoms with Crippen molar-refractivity contribution in [1.29, 1.82) is 0 Å². The Hall–Kier alpha value is -1.40. The van der Waals surface area contributed by atoms with E-state index in [1.807, 2.05) is 0 Å². The van der Waals surface area contributed by atoms with Gasteiger partial charge in [0.15, 0.2) is 5.34 Å². The van der Waals surface area contributed by atoms with Crippen LogP contribution in [0.15, 0.2) is 5.34 Å². The topological polar surface area (TPSA) is 102 Å². The molecular weight excluding hydrogens is 168 g/mol. The lowest BCUT2D eigenvalue weighted by Gasteiger charge is -1.98. The summed E-state index contributed by atoms with van der Waals surface area (Å²) in [6.07, 6.45) is 0.895. The Morgan fingerprint density at radius 1 is 1.67 bits per heavy atom. The molecule has 0 unspecified atom stereocenters. The Balaban J connectivity index is 0. The van der Waals surface area contributed by atoms with Gasteiger partial charge in [-0.05, 0) is 12.3 Å². The van der Waals surface area contributed by atoms with Crippen molar-refractivity contribution in [2.24, 2.45) is 11.3 Å². The molecule has 0 bridgehead atoms. The van der Waals surface area contributed by atoms with Crippen LogP contribution in [0.5, 0.6) is 0 Å². The zero-order chi connectivity index (χ0) is 9.98. The molecule has 7 heteroatoms. The summed E-state index contributed by atoms with van der Waals surface area (Å²) in [6, 6.07) is 0. The van der Waals surface area contributed by atoms with Gasteiger partial charge in [-0.2, -0.15) is 0 Å². The third-order valence-electron chi connectivity index (χ3n) is 0.839. The fourth-order valence-electron chi connectivity index (χ4n) is 0.326. The first kappa shape index (κ1) is 13.2. The Morgan fingerprint density at radius 2 is 2.08 bits per heavy atom. The average molecular weight is 180 g/mol. The third-order valence-corrected chi connectivity index (χ3v) is 0.839. The summed E-state index contributed by atoms with van der Waals surface area (Å²) in [5, 5.41) is 15.9. The Kier molecular flexibility index (Phi) is 10.6. The molecule has 1 N–H and O–H groups in total. The van der Waals surface area contributed by atoms with Crippen LogP contribution >= 0.6 is 0 Å². The highest BCUT2D eigenvalue weighted by Gasteiger charge is 1.91. The van der Waals surface area contributed by atoms with Crippen LogP contribution in [0, 0.1) is 20.9 Å². The Labute approximate surface area is 69.4 Å². The maximum Gasteiger partial charge on any atom is 0.291 e. The summed E-state index contributed by atoms with van der Waals surface area (Å²) in [5.41, 5.74) is 0. The summed E-state index contributed by atoms with van der Waals surface area (Å²) in [5.74, 6) is 0.580. The normalized spacial score (nSPS) is 8.25. The summed E-state index contributed by atoms with van der Waals surface area (Å²) in [4.78, 5) is 21.9. The quantitative estimate of drug-likeness (QED) is 0.304. The molecule has 7 nitrogen and oxygen atoms in total. The van der Waals surface area contributed by atoms with Crippen molar-refractivity contribution in [3.05, 3.63) is 15.0 Å². The van der Waals surface area contributed by atoms with Gasteiger partial charge in [0, 0.05) is 0 Å². The lowest BCUT2D eigenvalue weighted by atomic mass is 10.1. The van der Waals surface area contributed by atoms with Crippen molar-refractivity contribution in [2.75, 3.05) is 6.61 Å². The van der Waals surface area contributed by atoms with E-state index in [0.29, 0.717) is 12.5 Å². The molecule has 0 saturated carbocycles. The molecule has 0 radical (unpaired) electrons. The Bertz CT molecular complexity index is 123. The number of hydrogen-bond acceptors (Lipinski definition) is 5. The van der Waals surface area contributed by atoms with E-state index in [2.05, 4.69) is 24.0 Å². The van der Waals surface area contributed by atoms with Gasteiger partial charge in [-0.3, -0.25) is 0 Å². The van der Waals surface area contributed by atoms with Crippen LogP contribution in [0.2, 0.25) is 0 Å². The van der Waals surface area contributed by atoms with Gasteiger partial charge in [-0.1, -0.05) is 13.8 Å². The highest BCUT2D eigenvalue weighted by atomic mass is 16.9. The molecule has 0 aliphatic heterocycles. The summed E-state index contributed by atoms with van der Waals surface area (Å²) in [6.45, 7) is 4.57. The summed E-state index contributed by atoms with van der Waals surface area (Å²) in [7, 11) is 0. The van der Waals surface area contributed by atoms with E-state index in [1.54, 1.807) is 0 Å². The van der Waals surface area contributed by atoms with E-state index in [1.165, 1.54) is 0 Å². The molecule has 0 aromatic carbocycles. The highest BCUT2D eigenvalue weighted by molar-refractivity contribution is 4.40. The molecule has 0 atom stereocenters. The summed E-state index contributed by atoms with van der Waals surface area (Å²) >= 11 is 0. The maximum atomic E-state index is 9.31. The van der Waals surface area contributed by atoms with Gasteiger partial charge in [0.2, 0.25) is 0 Å². The van der Waals surface area contributed by atoms with Crippen molar-refractivity contribution < 1.29 is 15.1 Å². The number of rotatable bonds is 4. The highest BCUT2D eigenvalue weighted by Crippen LogP contribution is 1.98. The minimum absolute atomic E-state index is 0.446. The lowest BCUT2D eigenvalue weighted by Crippen LogP contribution is -1.93. The van der Waals surface area contributed by atoms with Crippen molar-refractivity contribution in [3.8, 4) is 0 Å². The van der Waals surface area contributed by atoms with E-state index >= 15 is 0 Å². The first-order chi connectivity index (χ1) is 5.50. The van der Waals surface area contributed by atoms with E-state index in [-0.39, 0.29) is 0 Å². The van der Waals surface area contributed by atoms with Crippen LogP contribution < -0.4 is 0 Å². The SMILES string of the molecule is CC(C)CCON=O.O=[N+]([O-])O. The molecule has 0 aromatic heterocycles. The van der Waals surface area contributed by atoms with Crippen LogP contribution in [-0.4, -0.2) is 16.9 Å². The minimum atomic E-state index is -1.50. The van der Waals surface area contributed by atoms with Crippen LogP contribution in [0.4, 0.5) is 0 Å².